The zero-order valence-electron chi connectivity index (χ0n) is 12.3. The molecule has 0 amide bonds. The van der Waals surface area contributed by atoms with Gasteiger partial charge in [-0.15, -0.1) is 11.3 Å². The molecule has 0 radical (unpaired) electrons. The van der Waals surface area contributed by atoms with Crippen LogP contribution < -0.4 is 15.1 Å². The van der Waals surface area contributed by atoms with E-state index in [1.165, 1.54) is 0 Å². The molecule has 1 aliphatic heterocycles. The summed E-state index contributed by atoms with van der Waals surface area (Å²) in [7, 11) is 0. The summed E-state index contributed by atoms with van der Waals surface area (Å²) in [6, 6.07) is 6.29. The first kappa shape index (κ1) is 14.3. The van der Waals surface area contributed by atoms with Crippen LogP contribution in [0.1, 0.15) is 12.6 Å². The highest BCUT2D eigenvalue weighted by atomic mass is 32.1. The Bertz CT molecular complexity index is 549. The molecule has 21 heavy (non-hydrogen) atoms. The van der Waals surface area contributed by atoms with E-state index in [1.54, 1.807) is 11.3 Å². The van der Waals surface area contributed by atoms with Crippen molar-refractivity contribution in [3.63, 3.8) is 0 Å². The van der Waals surface area contributed by atoms with Crippen molar-refractivity contribution in [1.82, 2.24) is 15.3 Å². The second kappa shape index (κ2) is 6.87. The summed E-state index contributed by atoms with van der Waals surface area (Å²) in [5.74, 6) is 1.09. The van der Waals surface area contributed by atoms with E-state index in [0.717, 1.165) is 55.9 Å². The van der Waals surface area contributed by atoms with Crippen LogP contribution in [0.3, 0.4) is 0 Å². The van der Waals surface area contributed by atoms with Crippen LogP contribution in [0.4, 0.5) is 10.9 Å². The third-order valence-corrected chi connectivity index (χ3v) is 4.47. The Morgan fingerprint density at radius 2 is 2.00 bits per heavy atom. The van der Waals surface area contributed by atoms with Gasteiger partial charge in [-0.1, -0.05) is 13.0 Å². The van der Waals surface area contributed by atoms with Gasteiger partial charge in [-0.3, -0.25) is 0 Å². The minimum atomic E-state index is 0.837. The molecule has 5 nitrogen and oxygen atoms in total. The number of thiazole rings is 1. The Morgan fingerprint density at radius 1 is 1.19 bits per heavy atom. The first-order chi connectivity index (χ1) is 10.4. The normalized spacial score (nSPS) is 15.5. The van der Waals surface area contributed by atoms with Gasteiger partial charge in [0.05, 0.1) is 5.69 Å². The van der Waals surface area contributed by atoms with Crippen molar-refractivity contribution >= 4 is 22.3 Å². The predicted octanol–water partition coefficient (Wildman–Crippen LogP) is 1.97. The molecule has 1 saturated heterocycles. The quantitative estimate of drug-likeness (QED) is 0.915. The van der Waals surface area contributed by atoms with Crippen LogP contribution in [0.25, 0.3) is 0 Å². The van der Waals surface area contributed by atoms with Crippen molar-refractivity contribution in [1.29, 1.82) is 0 Å². The van der Waals surface area contributed by atoms with Gasteiger partial charge in [-0.05, 0) is 18.7 Å². The van der Waals surface area contributed by atoms with Crippen molar-refractivity contribution in [2.45, 2.75) is 13.5 Å². The molecule has 6 heteroatoms. The summed E-state index contributed by atoms with van der Waals surface area (Å²) in [6.45, 7) is 7.93. The number of pyridine rings is 1. The van der Waals surface area contributed by atoms with Gasteiger partial charge in [0.25, 0.3) is 0 Å². The van der Waals surface area contributed by atoms with Gasteiger partial charge >= 0.3 is 0 Å². The molecule has 2 aromatic rings. The van der Waals surface area contributed by atoms with Crippen molar-refractivity contribution in [3.8, 4) is 0 Å². The average molecular weight is 303 g/mol. The lowest BCUT2D eigenvalue weighted by Gasteiger charge is -2.35. The molecular formula is C15H21N5S. The maximum absolute atomic E-state index is 4.75. The van der Waals surface area contributed by atoms with Crippen LogP contribution >= 0.6 is 11.3 Å². The highest BCUT2D eigenvalue weighted by Gasteiger charge is 2.19. The molecule has 3 rings (SSSR count). The van der Waals surface area contributed by atoms with Crippen LogP contribution in [0.5, 0.6) is 0 Å². The fourth-order valence-electron chi connectivity index (χ4n) is 2.49. The molecule has 1 N–H and O–H groups in total. The van der Waals surface area contributed by atoms with Gasteiger partial charge in [0.1, 0.15) is 5.82 Å². The number of hydrogen-bond acceptors (Lipinski definition) is 6. The third-order valence-electron chi connectivity index (χ3n) is 3.64. The van der Waals surface area contributed by atoms with Gasteiger partial charge in [0.2, 0.25) is 0 Å². The predicted molar refractivity (Wildman–Crippen MR) is 88.2 cm³/mol. The molecule has 3 heterocycles. The summed E-state index contributed by atoms with van der Waals surface area (Å²) in [6.07, 6.45) is 1.87. The Morgan fingerprint density at radius 3 is 2.71 bits per heavy atom. The zero-order valence-corrected chi connectivity index (χ0v) is 13.1. The maximum atomic E-state index is 4.75. The van der Waals surface area contributed by atoms with Gasteiger partial charge in [-0.2, -0.15) is 0 Å². The van der Waals surface area contributed by atoms with Crippen LogP contribution in [-0.4, -0.2) is 42.7 Å². The number of rotatable bonds is 5. The fraction of sp³-hybridized carbons (Fsp3) is 0.467. The SMILES string of the molecule is CCNCc1cccc(N2CCN(c3nccs3)CC2)n1. The van der Waals surface area contributed by atoms with E-state index in [2.05, 4.69) is 45.2 Å². The van der Waals surface area contributed by atoms with Crippen LogP contribution in [0, 0.1) is 0 Å². The molecular weight excluding hydrogens is 282 g/mol. The minimum absolute atomic E-state index is 0.837. The van der Waals surface area contributed by atoms with Gasteiger partial charge in [0, 0.05) is 44.3 Å². The standard InChI is InChI=1S/C15H21N5S/c1-2-16-12-13-4-3-5-14(18-13)19-7-9-20(10-8-19)15-17-6-11-21-15/h3-6,11,16H,2,7-10,12H2,1H3. The number of aromatic nitrogens is 2. The lowest BCUT2D eigenvalue weighted by atomic mass is 10.3. The fourth-order valence-corrected chi connectivity index (χ4v) is 3.19. The summed E-state index contributed by atoms with van der Waals surface area (Å²) >= 11 is 1.71. The van der Waals surface area contributed by atoms with Crippen LogP contribution in [0.2, 0.25) is 0 Å². The molecule has 0 saturated carbocycles. The smallest absolute Gasteiger partial charge is 0.185 e. The summed E-state index contributed by atoms with van der Waals surface area (Å²) in [5.41, 5.74) is 1.11. The molecule has 1 aliphatic rings. The van der Waals surface area contributed by atoms with E-state index < -0.39 is 0 Å². The first-order valence-electron chi connectivity index (χ1n) is 7.43. The molecule has 0 aromatic carbocycles. The first-order valence-corrected chi connectivity index (χ1v) is 8.31. The Balaban J connectivity index is 1.61. The van der Waals surface area contributed by atoms with E-state index in [9.17, 15) is 0 Å². The Kier molecular flexibility index (Phi) is 4.67. The number of hydrogen-bond donors (Lipinski definition) is 1. The van der Waals surface area contributed by atoms with E-state index in [-0.39, 0.29) is 0 Å². The maximum Gasteiger partial charge on any atom is 0.185 e. The molecule has 0 bridgehead atoms. The number of nitrogens with one attached hydrogen (secondary N) is 1. The topological polar surface area (TPSA) is 44.3 Å². The summed E-state index contributed by atoms with van der Waals surface area (Å²) in [4.78, 5) is 13.9. The van der Waals surface area contributed by atoms with E-state index in [0.29, 0.717) is 0 Å². The van der Waals surface area contributed by atoms with Gasteiger partial charge < -0.3 is 15.1 Å². The molecule has 0 spiro atoms. The highest BCUT2D eigenvalue weighted by Crippen LogP contribution is 2.21. The van der Waals surface area contributed by atoms with E-state index in [4.69, 9.17) is 4.98 Å². The zero-order chi connectivity index (χ0) is 14.5. The Labute approximate surface area is 129 Å². The largest absolute Gasteiger partial charge is 0.353 e. The monoisotopic (exact) mass is 303 g/mol. The summed E-state index contributed by atoms with van der Waals surface area (Å²) < 4.78 is 0. The molecule has 0 unspecified atom stereocenters. The lowest BCUT2D eigenvalue weighted by molar-refractivity contribution is 0.642. The summed E-state index contributed by atoms with van der Waals surface area (Å²) in [5, 5.41) is 6.49. The number of piperazine rings is 1. The second-order valence-electron chi connectivity index (χ2n) is 5.06. The third kappa shape index (κ3) is 3.51. The molecule has 0 aliphatic carbocycles. The molecule has 0 atom stereocenters. The number of anilines is 2. The van der Waals surface area contributed by atoms with E-state index >= 15 is 0 Å². The van der Waals surface area contributed by atoms with Gasteiger partial charge in [-0.25, -0.2) is 9.97 Å². The van der Waals surface area contributed by atoms with Crippen molar-refractivity contribution in [3.05, 3.63) is 35.5 Å². The van der Waals surface area contributed by atoms with Crippen molar-refractivity contribution in [2.75, 3.05) is 42.5 Å². The van der Waals surface area contributed by atoms with Crippen molar-refractivity contribution < 1.29 is 0 Å². The van der Waals surface area contributed by atoms with Gasteiger partial charge in [0.15, 0.2) is 5.13 Å². The lowest BCUT2D eigenvalue weighted by Crippen LogP contribution is -2.46. The highest BCUT2D eigenvalue weighted by molar-refractivity contribution is 7.13. The van der Waals surface area contributed by atoms with Crippen LogP contribution in [-0.2, 0) is 6.54 Å². The van der Waals surface area contributed by atoms with Crippen molar-refractivity contribution in [2.24, 2.45) is 0 Å². The average Bonchev–Trinajstić information content (AvgIpc) is 3.08. The molecule has 112 valence electrons. The van der Waals surface area contributed by atoms with E-state index in [1.807, 2.05) is 11.6 Å². The number of nitrogens with zero attached hydrogens (tertiary/aromatic N) is 4. The molecule has 1 fully saturated rings. The Hall–Kier alpha value is -1.66. The minimum Gasteiger partial charge on any atom is -0.353 e. The second-order valence-corrected chi connectivity index (χ2v) is 5.93. The van der Waals surface area contributed by atoms with Crippen LogP contribution in [0.15, 0.2) is 29.8 Å². The molecule has 2 aromatic heterocycles.